The third-order valence-electron chi connectivity index (χ3n) is 4.52. The molecule has 1 amide bonds. The molecule has 0 spiro atoms. The number of nitrogens with one attached hydrogen (secondary N) is 1. The number of carbonyl (C=O) groups is 2. The number of aromatic nitrogens is 3. The summed E-state index contributed by atoms with van der Waals surface area (Å²) >= 11 is 0. The predicted octanol–water partition coefficient (Wildman–Crippen LogP) is 4.17. The van der Waals surface area contributed by atoms with Crippen LogP contribution >= 0.6 is 0 Å². The highest BCUT2D eigenvalue weighted by Gasteiger charge is 2.12. The summed E-state index contributed by atoms with van der Waals surface area (Å²) in [5.41, 5.74) is 3.28. The molecule has 1 N–H and O–H groups in total. The fraction of sp³-hybridized carbons (Fsp3) is 0.0833. The largest absolute Gasteiger partial charge is 0.452 e. The molecule has 4 aromatic rings. The minimum absolute atomic E-state index is 0.168. The molecule has 0 fully saturated rings. The van der Waals surface area contributed by atoms with Crippen molar-refractivity contribution in [1.29, 1.82) is 0 Å². The number of nitrogens with zero attached hydrogens (tertiary/aromatic N) is 3. The maximum absolute atomic E-state index is 13.4. The molecular weight excluding hydrogens is 427 g/mol. The van der Waals surface area contributed by atoms with E-state index in [2.05, 4.69) is 15.6 Å². The number of benzene rings is 2. The van der Waals surface area contributed by atoms with Gasteiger partial charge in [-0.2, -0.15) is 5.10 Å². The van der Waals surface area contributed by atoms with Crippen LogP contribution in [0.2, 0.25) is 0 Å². The van der Waals surface area contributed by atoms with Crippen molar-refractivity contribution in [3.63, 3.8) is 0 Å². The van der Waals surface area contributed by atoms with Gasteiger partial charge in [0.1, 0.15) is 5.82 Å². The average Bonchev–Trinajstić information content (AvgIpc) is 3.43. The molecule has 2 aromatic heterocycles. The molecular formula is C24H19FN4O4. The van der Waals surface area contributed by atoms with Crippen LogP contribution in [0.15, 0.2) is 77.5 Å². The van der Waals surface area contributed by atoms with Crippen molar-refractivity contribution >= 4 is 23.8 Å². The highest BCUT2D eigenvalue weighted by atomic mass is 19.1. The molecule has 4 rings (SSSR count). The van der Waals surface area contributed by atoms with Gasteiger partial charge in [-0.05, 0) is 49.4 Å². The topological polar surface area (TPSA) is 99.2 Å². The lowest BCUT2D eigenvalue weighted by atomic mass is 10.1. The van der Waals surface area contributed by atoms with Gasteiger partial charge in [0.25, 0.3) is 5.91 Å². The zero-order valence-electron chi connectivity index (χ0n) is 17.6. The Morgan fingerprint density at radius 2 is 1.91 bits per heavy atom. The smallest absolute Gasteiger partial charge is 0.331 e. The van der Waals surface area contributed by atoms with E-state index in [-0.39, 0.29) is 11.7 Å². The minimum Gasteiger partial charge on any atom is -0.452 e. The maximum atomic E-state index is 13.4. The summed E-state index contributed by atoms with van der Waals surface area (Å²) in [4.78, 5) is 24.0. The normalized spacial score (nSPS) is 11.0. The molecule has 0 radical (unpaired) electrons. The first-order chi connectivity index (χ1) is 16.0. The van der Waals surface area contributed by atoms with E-state index in [1.165, 1.54) is 24.3 Å². The zero-order chi connectivity index (χ0) is 23.2. The molecule has 0 aliphatic carbocycles. The molecule has 2 heterocycles. The van der Waals surface area contributed by atoms with Crippen LogP contribution in [0.25, 0.3) is 23.0 Å². The van der Waals surface area contributed by atoms with E-state index in [4.69, 9.17) is 9.26 Å². The molecule has 166 valence electrons. The Hall–Kier alpha value is -4.53. The number of carbonyl (C=O) groups excluding carboxylic acids is 2. The lowest BCUT2D eigenvalue weighted by molar-refractivity contribution is -0.142. The number of halogens is 1. The number of para-hydroxylation sites is 1. The van der Waals surface area contributed by atoms with Crippen LogP contribution in [0, 0.1) is 12.7 Å². The summed E-state index contributed by atoms with van der Waals surface area (Å²) in [6.07, 6.45) is 4.48. The summed E-state index contributed by atoms with van der Waals surface area (Å²) < 4.78 is 24.9. The molecule has 9 heteroatoms. The maximum Gasteiger partial charge on any atom is 0.331 e. The van der Waals surface area contributed by atoms with Crippen molar-refractivity contribution in [2.75, 3.05) is 11.9 Å². The number of anilines is 1. The second-order valence-electron chi connectivity index (χ2n) is 7.04. The summed E-state index contributed by atoms with van der Waals surface area (Å²) in [6, 6.07) is 16.9. The van der Waals surface area contributed by atoms with E-state index in [1.807, 2.05) is 30.3 Å². The van der Waals surface area contributed by atoms with E-state index in [0.717, 1.165) is 5.69 Å². The van der Waals surface area contributed by atoms with Gasteiger partial charge >= 0.3 is 5.97 Å². The first-order valence-corrected chi connectivity index (χ1v) is 9.97. The van der Waals surface area contributed by atoms with Gasteiger partial charge in [-0.25, -0.2) is 13.9 Å². The number of aryl methyl sites for hydroxylation is 1. The van der Waals surface area contributed by atoms with E-state index in [1.54, 1.807) is 36.0 Å². The monoisotopic (exact) mass is 446 g/mol. The lowest BCUT2D eigenvalue weighted by Gasteiger charge is -2.02. The Labute approximate surface area is 188 Å². The van der Waals surface area contributed by atoms with Crippen LogP contribution in [0.4, 0.5) is 10.3 Å². The van der Waals surface area contributed by atoms with Crippen molar-refractivity contribution < 1.29 is 23.2 Å². The van der Waals surface area contributed by atoms with Crippen LogP contribution in [-0.4, -0.2) is 33.4 Å². The zero-order valence-corrected chi connectivity index (χ0v) is 17.6. The Morgan fingerprint density at radius 1 is 1.15 bits per heavy atom. The number of esters is 1. The predicted molar refractivity (Wildman–Crippen MR) is 119 cm³/mol. The van der Waals surface area contributed by atoms with Gasteiger partial charge in [0.15, 0.2) is 6.61 Å². The SMILES string of the molecule is Cc1cc(NC(=O)COC(=O)/C=C/c2cn(-c3ccccc3)nc2-c2ccc(F)cc2)on1. The van der Waals surface area contributed by atoms with Crippen LogP contribution in [-0.2, 0) is 14.3 Å². The number of amides is 1. The van der Waals surface area contributed by atoms with Gasteiger partial charge in [-0.3, -0.25) is 10.1 Å². The molecule has 0 aliphatic rings. The van der Waals surface area contributed by atoms with Gasteiger partial charge in [0.05, 0.1) is 17.1 Å². The number of hydrogen-bond donors (Lipinski definition) is 1. The Morgan fingerprint density at radius 3 is 2.61 bits per heavy atom. The second kappa shape index (κ2) is 9.73. The van der Waals surface area contributed by atoms with Crippen LogP contribution in [0.3, 0.4) is 0 Å². The molecule has 0 saturated heterocycles. The molecule has 0 atom stereocenters. The lowest BCUT2D eigenvalue weighted by Crippen LogP contribution is -2.19. The van der Waals surface area contributed by atoms with E-state index in [0.29, 0.717) is 22.5 Å². The molecule has 8 nitrogen and oxygen atoms in total. The van der Waals surface area contributed by atoms with Crippen molar-refractivity contribution in [1.82, 2.24) is 14.9 Å². The Kier molecular flexibility index (Phi) is 6.40. The van der Waals surface area contributed by atoms with Crippen molar-refractivity contribution in [3.05, 3.63) is 90.0 Å². The fourth-order valence-electron chi connectivity index (χ4n) is 2.99. The quantitative estimate of drug-likeness (QED) is 0.338. The van der Waals surface area contributed by atoms with Crippen LogP contribution in [0.1, 0.15) is 11.3 Å². The third-order valence-corrected chi connectivity index (χ3v) is 4.52. The average molecular weight is 446 g/mol. The fourth-order valence-corrected chi connectivity index (χ4v) is 2.99. The first-order valence-electron chi connectivity index (χ1n) is 9.97. The molecule has 33 heavy (non-hydrogen) atoms. The Balaban J connectivity index is 1.48. The van der Waals surface area contributed by atoms with Crippen molar-refractivity contribution in [2.24, 2.45) is 0 Å². The standard InChI is InChI=1S/C24H19FN4O4/c1-16-13-22(33-28-16)26-21(30)15-32-23(31)12-9-18-14-29(20-5-3-2-4-6-20)27-24(18)17-7-10-19(25)11-8-17/h2-14H,15H2,1H3,(H,26,30)/b12-9+. The van der Waals surface area contributed by atoms with Crippen LogP contribution in [0.5, 0.6) is 0 Å². The number of rotatable bonds is 7. The summed E-state index contributed by atoms with van der Waals surface area (Å²) in [5.74, 6) is -1.46. The van der Waals surface area contributed by atoms with E-state index < -0.39 is 18.5 Å². The molecule has 2 aromatic carbocycles. The number of hydrogen-bond acceptors (Lipinski definition) is 6. The van der Waals surface area contributed by atoms with Crippen LogP contribution < -0.4 is 5.32 Å². The van der Waals surface area contributed by atoms with E-state index >= 15 is 0 Å². The van der Waals surface area contributed by atoms with Crippen molar-refractivity contribution in [3.8, 4) is 16.9 Å². The van der Waals surface area contributed by atoms with Gasteiger partial charge in [0.2, 0.25) is 5.88 Å². The summed E-state index contributed by atoms with van der Waals surface area (Å²) in [5, 5.41) is 10.7. The van der Waals surface area contributed by atoms with Gasteiger partial charge in [0, 0.05) is 29.5 Å². The summed E-state index contributed by atoms with van der Waals surface area (Å²) in [6.45, 7) is 1.22. The number of ether oxygens (including phenoxy) is 1. The molecule has 0 saturated carbocycles. The summed E-state index contributed by atoms with van der Waals surface area (Å²) in [7, 11) is 0. The first kappa shape index (κ1) is 21.7. The highest BCUT2D eigenvalue weighted by molar-refractivity contribution is 5.94. The minimum atomic E-state index is -0.712. The van der Waals surface area contributed by atoms with Crippen molar-refractivity contribution in [2.45, 2.75) is 6.92 Å². The van der Waals surface area contributed by atoms with E-state index in [9.17, 15) is 14.0 Å². The van der Waals surface area contributed by atoms with Gasteiger partial charge < -0.3 is 9.26 Å². The Bertz CT molecular complexity index is 1290. The highest BCUT2D eigenvalue weighted by Crippen LogP contribution is 2.25. The third kappa shape index (κ3) is 5.59. The van der Waals surface area contributed by atoms with Gasteiger partial charge in [-0.15, -0.1) is 0 Å². The van der Waals surface area contributed by atoms with Gasteiger partial charge in [-0.1, -0.05) is 23.4 Å². The molecule has 0 unspecified atom stereocenters. The second-order valence-corrected chi connectivity index (χ2v) is 7.04. The molecule has 0 bridgehead atoms. The molecule has 0 aliphatic heterocycles.